The summed E-state index contributed by atoms with van der Waals surface area (Å²) in [6.45, 7) is 1.90. The van der Waals surface area contributed by atoms with Crippen LogP contribution in [-0.4, -0.2) is 5.91 Å². The van der Waals surface area contributed by atoms with Gasteiger partial charge in [-0.2, -0.15) is 0 Å². The van der Waals surface area contributed by atoms with Gasteiger partial charge in [0.2, 0.25) is 0 Å². The fourth-order valence-electron chi connectivity index (χ4n) is 1.84. The lowest BCUT2D eigenvalue weighted by Crippen LogP contribution is -2.15. The van der Waals surface area contributed by atoms with Crippen LogP contribution in [0.15, 0.2) is 36.4 Å². The molecule has 2 aromatic rings. The van der Waals surface area contributed by atoms with Crippen LogP contribution in [0.5, 0.6) is 0 Å². The molecule has 0 aromatic heterocycles. The molecule has 0 saturated carbocycles. The average Bonchev–Trinajstić information content (AvgIpc) is 2.43. The van der Waals surface area contributed by atoms with Crippen LogP contribution in [0.1, 0.15) is 27.7 Å². The van der Waals surface area contributed by atoms with E-state index in [0.29, 0.717) is 5.69 Å². The zero-order valence-corrected chi connectivity index (χ0v) is 13.3. The molecule has 1 N–H and O–H groups in total. The number of rotatable bonds is 3. The highest BCUT2D eigenvalue weighted by molar-refractivity contribution is 9.09. The fraction of sp³-hybridized carbons (Fsp3) is 0.133. The van der Waals surface area contributed by atoms with Crippen molar-refractivity contribution in [2.75, 3.05) is 5.32 Å². The molecule has 0 spiro atoms. The zero-order valence-electron chi connectivity index (χ0n) is 11.0. The van der Waals surface area contributed by atoms with Crippen molar-refractivity contribution >= 4 is 39.1 Å². The van der Waals surface area contributed by atoms with Crippen molar-refractivity contribution in [2.45, 2.75) is 11.8 Å². The van der Waals surface area contributed by atoms with Crippen molar-refractivity contribution in [1.82, 2.24) is 0 Å². The van der Waals surface area contributed by atoms with Crippen LogP contribution < -0.4 is 5.32 Å². The highest BCUT2D eigenvalue weighted by Gasteiger charge is 2.17. The number of amides is 1. The predicted molar refractivity (Wildman–Crippen MR) is 83.1 cm³/mol. The molecule has 2 aromatic carbocycles. The van der Waals surface area contributed by atoms with E-state index >= 15 is 0 Å². The summed E-state index contributed by atoms with van der Waals surface area (Å²) in [5, 5.41) is 2.21. The Hall–Kier alpha value is -1.46. The van der Waals surface area contributed by atoms with E-state index in [-0.39, 0.29) is 9.85 Å². The van der Waals surface area contributed by atoms with E-state index in [1.807, 2.05) is 19.1 Å². The predicted octanol–water partition coefficient (Wildman–Crippen LogP) is 5.33. The molecule has 0 aliphatic carbocycles. The molecule has 1 amide bonds. The number of anilines is 1. The number of hydrogen-bond donors (Lipinski definition) is 1. The smallest absolute Gasteiger partial charge is 0.258 e. The summed E-state index contributed by atoms with van der Waals surface area (Å²) < 4.78 is 27.1. The number of nitrogens with one attached hydrogen (secondary N) is 1. The summed E-state index contributed by atoms with van der Waals surface area (Å²) >= 11 is 8.88. The van der Waals surface area contributed by atoms with E-state index in [0.717, 1.165) is 17.7 Å². The first kappa shape index (κ1) is 15.9. The molecular formula is C15H11BrClF2NO. The molecule has 21 heavy (non-hydrogen) atoms. The minimum absolute atomic E-state index is 0.000742. The van der Waals surface area contributed by atoms with Crippen molar-refractivity contribution in [2.24, 2.45) is 0 Å². The van der Waals surface area contributed by atoms with Crippen molar-refractivity contribution < 1.29 is 13.6 Å². The van der Waals surface area contributed by atoms with Gasteiger partial charge in [0.15, 0.2) is 0 Å². The molecule has 0 aliphatic rings. The molecule has 2 nitrogen and oxygen atoms in total. The Balaban J connectivity index is 2.33. The molecule has 1 unspecified atom stereocenters. The standard InChI is InChI=1S/C15H11BrClF2NO/c1-8(16)9-4-2-3-5-14(9)20-15(21)10-6-13(19)11(17)7-12(10)18/h2-8H,1H3,(H,20,21). The normalized spacial score (nSPS) is 12.0. The van der Waals surface area contributed by atoms with Gasteiger partial charge < -0.3 is 5.32 Å². The van der Waals surface area contributed by atoms with Crippen molar-refractivity contribution in [3.63, 3.8) is 0 Å². The molecule has 0 bridgehead atoms. The second kappa shape index (κ2) is 6.54. The van der Waals surface area contributed by atoms with Gasteiger partial charge in [0.05, 0.1) is 10.6 Å². The number of hydrogen-bond acceptors (Lipinski definition) is 1. The van der Waals surface area contributed by atoms with Crippen molar-refractivity contribution in [3.05, 3.63) is 64.2 Å². The number of carbonyl (C=O) groups is 1. The van der Waals surface area contributed by atoms with Crippen molar-refractivity contribution in [1.29, 1.82) is 0 Å². The van der Waals surface area contributed by atoms with Gasteiger partial charge in [-0.3, -0.25) is 4.79 Å². The molecule has 0 aliphatic heterocycles. The Kier molecular flexibility index (Phi) is 4.96. The molecule has 6 heteroatoms. The summed E-state index contributed by atoms with van der Waals surface area (Å²) in [6.07, 6.45) is 0. The molecule has 0 saturated heterocycles. The van der Waals surface area contributed by atoms with E-state index in [2.05, 4.69) is 21.2 Å². The van der Waals surface area contributed by atoms with Gasteiger partial charge in [-0.25, -0.2) is 8.78 Å². The Labute approximate surface area is 134 Å². The Morgan fingerprint density at radius 2 is 1.90 bits per heavy atom. The Bertz CT molecular complexity index is 691. The van der Waals surface area contributed by atoms with E-state index < -0.39 is 23.1 Å². The molecule has 0 fully saturated rings. The Morgan fingerprint density at radius 3 is 2.57 bits per heavy atom. The molecule has 0 heterocycles. The maximum atomic E-state index is 13.7. The van der Waals surface area contributed by atoms with Gasteiger partial charge >= 0.3 is 0 Å². The van der Waals surface area contributed by atoms with Crippen LogP contribution in [0.25, 0.3) is 0 Å². The largest absolute Gasteiger partial charge is 0.322 e. The van der Waals surface area contributed by atoms with Gasteiger partial charge in [-0.1, -0.05) is 45.7 Å². The molecule has 2 rings (SSSR count). The summed E-state index contributed by atoms with van der Waals surface area (Å²) in [6, 6.07) is 8.65. The number of benzene rings is 2. The third kappa shape index (κ3) is 3.60. The summed E-state index contributed by atoms with van der Waals surface area (Å²) in [7, 11) is 0. The molecule has 1 atom stereocenters. The van der Waals surface area contributed by atoms with Crippen LogP contribution in [0, 0.1) is 11.6 Å². The molecule has 0 radical (unpaired) electrons. The number of alkyl halides is 1. The first-order valence-corrected chi connectivity index (χ1v) is 7.38. The van der Waals surface area contributed by atoms with E-state index in [1.54, 1.807) is 12.1 Å². The molecule has 110 valence electrons. The lowest BCUT2D eigenvalue weighted by molar-refractivity contribution is 0.102. The first-order valence-electron chi connectivity index (χ1n) is 6.09. The zero-order chi connectivity index (χ0) is 15.6. The third-order valence-corrected chi connectivity index (χ3v) is 3.68. The van der Waals surface area contributed by atoms with E-state index in [1.165, 1.54) is 0 Å². The monoisotopic (exact) mass is 373 g/mol. The second-order valence-electron chi connectivity index (χ2n) is 4.40. The van der Waals surface area contributed by atoms with Crippen LogP contribution in [0.2, 0.25) is 5.02 Å². The Morgan fingerprint density at radius 1 is 1.24 bits per heavy atom. The lowest BCUT2D eigenvalue weighted by atomic mass is 10.1. The van der Waals surface area contributed by atoms with Gasteiger partial charge in [0.1, 0.15) is 11.6 Å². The highest BCUT2D eigenvalue weighted by atomic mass is 79.9. The van der Waals surface area contributed by atoms with E-state index in [4.69, 9.17) is 11.6 Å². The van der Waals surface area contributed by atoms with Gasteiger partial charge in [-0.05, 0) is 30.7 Å². The van der Waals surface area contributed by atoms with Crippen LogP contribution >= 0.6 is 27.5 Å². The summed E-state index contributed by atoms with van der Waals surface area (Å²) in [5.74, 6) is -2.45. The summed E-state index contributed by atoms with van der Waals surface area (Å²) in [5.41, 5.74) is 0.969. The van der Waals surface area contributed by atoms with Crippen LogP contribution in [0.4, 0.5) is 14.5 Å². The quantitative estimate of drug-likeness (QED) is 0.571. The number of para-hydroxylation sites is 1. The molecular weight excluding hydrogens is 364 g/mol. The maximum absolute atomic E-state index is 13.7. The highest BCUT2D eigenvalue weighted by Crippen LogP contribution is 2.29. The number of carbonyl (C=O) groups excluding carboxylic acids is 1. The maximum Gasteiger partial charge on any atom is 0.258 e. The topological polar surface area (TPSA) is 29.1 Å². The average molecular weight is 375 g/mol. The van der Waals surface area contributed by atoms with E-state index in [9.17, 15) is 13.6 Å². The van der Waals surface area contributed by atoms with Crippen LogP contribution in [0.3, 0.4) is 0 Å². The lowest BCUT2D eigenvalue weighted by Gasteiger charge is -2.13. The van der Waals surface area contributed by atoms with Gasteiger partial charge in [0.25, 0.3) is 5.91 Å². The SMILES string of the molecule is CC(Br)c1ccccc1NC(=O)c1cc(F)c(Cl)cc1F. The third-order valence-electron chi connectivity index (χ3n) is 2.89. The van der Waals surface area contributed by atoms with Crippen LogP contribution in [-0.2, 0) is 0 Å². The van der Waals surface area contributed by atoms with Crippen molar-refractivity contribution in [3.8, 4) is 0 Å². The minimum Gasteiger partial charge on any atom is -0.322 e. The first-order chi connectivity index (χ1) is 9.90. The number of halogens is 4. The summed E-state index contributed by atoms with van der Waals surface area (Å²) in [4.78, 5) is 12.1. The minimum atomic E-state index is -0.872. The van der Waals surface area contributed by atoms with Gasteiger partial charge in [0, 0.05) is 10.5 Å². The second-order valence-corrected chi connectivity index (χ2v) is 6.18. The fourth-order valence-corrected chi connectivity index (χ4v) is 2.39. The van der Waals surface area contributed by atoms with Gasteiger partial charge in [-0.15, -0.1) is 0 Å².